The van der Waals surface area contributed by atoms with Gasteiger partial charge in [0.1, 0.15) is 0 Å². The van der Waals surface area contributed by atoms with Gasteiger partial charge in [0.15, 0.2) is 5.13 Å². The first kappa shape index (κ1) is 17.6. The Balaban J connectivity index is 1.54. The van der Waals surface area contributed by atoms with Crippen molar-refractivity contribution < 1.29 is 18.0 Å². The summed E-state index contributed by atoms with van der Waals surface area (Å²) in [5, 5.41) is 3.24. The Kier molecular flexibility index (Phi) is 4.20. The van der Waals surface area contributed by atoms with Crippen LogP contribution in [0.15, 0.2) is 42.5 Å². The first-order valence-corrected chi connectivity index (χ1v) is 10.6. The third-order valence-corrected chi connectivity index (χ3v) is 6.83. The van der Waals surface area contributed by atoms with E-state index >= 15 is 0 Å². The molecule has 2 aromatic carbocycles. The van der Waals surface area contributed by atoms with Crippen molar-refractivity contribution in [1.29, 1.82) is 0 Å². The topological polar surface area (TPSA) is 96.4 Å². The fraction of sp³-hybridized carbons (Fsp3) is 0.167. The second-order valence-corrected chi connectivity index (χ2v) is 9.18. The molecule has 1 aromatic heterocycles. The van der Waals surface area contributed by atoms with E-state index in [1.54, 1.807) is 0 Å². The van der Waals surface area contributed by atoms with E-state index in [0.717, 1.165) is 20.1 Å². The summed E-state index contributed by atoms with van der Waals surface area (Å²) in [7, 11) is -3.61. The fourth-order valence-electron chi connectivity index (χ4n) is 2.87. The summed E-state index contributed by atoms with van der Waals surface area (Å²) in [6.45, 7) is 1.99. The van der Waals surface area contributed by atoms with Gasteiger partial charge in [-0.1, -0.05) is 17.4 Å². The predicted octanol–water partition coefficient (Wildman–Crippen LogP) is 2.92. The number of amides is 2. The van der Waals surface area contributed by atoms with E-state index in [2.05, 4.69) is 10.3 Å². The zero-order valence-corrected chi connectivity index (χ0v) is 15.9. The molecule has 138 valence electrons. The molecule has 0 radical (unpaired) electrons. The number of carbonyl (C=O) groups is 2. The van der Waals surface area contributed by atoms with Gasteiger partial charge in [-0.2, -0.15) is 0 Å². The Hall–Kier alpha value is -2.78. The van der Waals surface area contributed by atoms with Crippen molar-refractivity contribution in [3.8, 4) is 0 Å². The van der Waals surface area contributed by atoms with Crippen molar-refractivity contribution in [1.82, 2.24) is 4.98 Å². The molecule has 9 heteroatoms. The molecule has 0 unspecified atom stereocenters. The maximum atomic E-state index is 12.4. The van der Waals surface area contributed by atoms with Gasteiger partial charge >= 0.3 is 0 Å². The lowest BCUT2D eigenvalue weighted by Gasteiger charge is -2.15. The molecule has 0 atom stereocenters. The number of hydrogen-bond donors (Lipinski definition) is 1. The molecule has 2 amide bonds. The number of sulfonamides is 1. The zero-order chi connectivity index (χ0) is 19.2. The highest BCUT2D eigenvalue weighted by molar-refractivity contribution is 7.94. The highest BCUT2D eigenvalue weighted by atomic mass is 32.2. The van der Waals surface area contributed by atoms with Gasteiger partial charge in [-0.3, -0.25) is 14.9 Å². The summed E-state index contributed by atoms with van der Waals surface area (Å²) >= 11 is 1.38. The SMILES string of the molecule is Cc1ccc2nc(NC(=O)c3ccc(N4C(=O)CCS4(=O)=O)cc3)sc2c1. The van der Waals surface area contributed by atoms with Gasteiger partial charge in [-0.25, -0.2) is 17.7 Å². The minimum atomic E-state index is -3.61. The minimum absolute atomic E-state index is 0.0261. The molecule has 1 fully saturated rings. The summed E-state index contributed by atoms with van der Waals surface area (Å²) in [6, 6.07) is 11.8. The highest BCUT2D eigenvalue weighted by Crippen LogP contribution is 2.28. The average molecular weight is 401 g/mol. The smallest absolute Gasteiger partial charge is 0.257 e. The van der Waals surface area contributed by atoms with E-state index in [1.807, 2.05) is 25.1 Å². The van der Waals surface area contributed by atoms with E-state index in [0.29, 0.717) is 10.7 Å². The van der Waals surface area contributed by atoms with Crippen LogP contribution in [0, 0.1) is 6.92 Å². The second kappa shape index (κ2) is 6.43. The van der Waals surface area contributed by atoms with Gasteiger partial charge in [0.25, 0.3) is 5.91 Å². The van der Waals surface area contributed by atoms with Crippen LogP contribution in [0.5, 0.6) is 0 Å². The third-order valence-electron chi connectivity index (χ3n) is 4.21. The Morgan fingerprint density at radius 3 is 2.59 bits per heavy atom. The summed E-state index contributed by atoms with van der Waals surface area (Å²) in [5.74, 6) is -1.00. The van der Waals surface area contributed by atoms with E-state index in [-0.39, 0.29) is 23.8 Å². The number of thiazole rings is 1. The summed E-state index contributed by atoms with van der Waals surface area (Å²) in [6.07, 6.45) is -0.0261. The molecular weight excluding hydrogens is 386 g/mol. The Bertz CT molecular complexity index is 1170. The highest BCUT2D eigenvalue weighted by Gasteiger charge is 2.36. The van der Waals surface area contributed by atoms with Crippen molar-refractivity contribution in [2.24, 2.45) is 0 Å². The minimum Gasteiger partial charge on any atom is -0.298 e. The summed E-state index contributed by atoms with van der Waals surface area (Å²) < 4.78 is 25.7. The van der Waals surface area contributed by atoms with Crippen LogP contribution in [-0.4, -0.2) is 31.0 Å². The number of benzene rings is 2. The van der Waals surface area contributed by atoms with Crippen LogP contribution in [0.25, 0.3) is 10.2 Å². The Labute approximate surface area is 159 Å². The van der Waals surface area contributed by atoms with Gasteiger partial charge in [0.2, 0.25) is 15.9 Å². The molecule has 2 heterocycles. The molecule has 0 aliphatic carbocycles. The van der Waals surface area contributed by atoms with Crippen LogP contribution in [-0.2, 0) is 14.8 Å². The quantitative estimate of drug-likeness (QED) is 0.728. The lowest BCUT2D eigenvalue weighted by molar-refractivity contribution is -0.116. The van der Waals surface area contributed by atoms with Crippen molar-refractivity contribution in [3.63, 3.8) is 0 Å². The van der Waals surface area contributed by atoms with Gasteiger partial charge < -0.3 is 0 Å². The third kappa shape index (κ3) is 3.31. The van der Waals surface area contributed by atoms with Crippen molar-refractivity contribution >= 4 is 54.2 Å². The number of rotatable bonds is 3. The van der Waals surface area contributed by atoms with Crippen LogP contribution < -0.4 is 9.62 Å². The van der Waals surface area contributed by atoms with Crippen LogP contribution in [0.2, 0.25) is 0 Å². The number of anilines is 2. The van der Waals surface area contributed by atoms with Gasteiger partial charge in [-0.05, 0) is 48.9 Å². The first-order valence-electron chi connectivity index (χ1n) is 8.18. The van der Waals surface area contributed by atoms with Crippen molar-refractivity contribution in [3.05, 3.63) is 53.6 Å². The monoisotopic (exact) mass is 401 g/mol. The van der Waals surface area contributed by atoms with E-state index in [4.69, 9.17) is 0 Å². The molecule has 3 aromatic rings. The largest absolute Gasteiger partial charge is 0.298 e. The van der Waals surface area contributed by atoms with Crippen LogP contribution >= 0.6 is 11.3 Å². The lowest BCUT2D eigenvalue weighted by Crippen LogP contribution is -2.29. The Morgan fingerprint density at radius 1 is 1.19 bits per heavy atom. The number of fused-ring (bicyclic) bond motifs is 1. The number of nitrogens with zero attached hydrogens (tertiary/aromatic N) is 2. The number of carbonyl (C=O) groups excluding carboxylic acids is 2. The lowest BCUT2D eigenvalue weighted by atomic mass is 10.2. The Morgan fingerprint density at radius 2 is 1.93 bits per heavy atom. The van der Waals surface area contributed by atoms with E-state index in [9.17, 15) is 18.0 Å². The molecule has 0 spiro atoms. The van der Waals surface area contributed by atoms with Crippen molar-refractivity contribution in [2.75, 3.05) is 15.4 Å². The van der Waals surface area contributed by atoms with E-state index < -0.39 is 15.9 Å². The number of hydrogen-bond acceptors (Lipinski definition) is 6. The average Bonchev–Trinajstić information content (AvgIpc) is 3.13. The fourth-order valence-corrected chi connectivity index (χ4v) is 5.29. The molecule has 0 saturated carbocycles. The van der Waals surface area contributed by atoms with E-state index in [1.165, 1.54) is 35.6 Å². The number of nitrogens with one attached hydrogen (secondary N) is 1. The maximum Gasteiger partial charge on any atom is 0.257 e. The van der Waals surface area contributed by atoms with Crippen LogP contribution in [0.1, 0.15) is 22.3 Å². The van der Waals surface area contributed by atoms with Gasteiger partial charge in [0, 0.05) is 12.0 Å². The van der Waals surface area contributed by atoms with Crippen LogP contribution in [0.3, 0.4) is 0 Å². The summed E-state index contributed by atoms with van der Waals surface area (Å²) in [4.78, 5) is 28.6. The molecule has 1 saturated heterocycles. The molecule has 1 aliphatic heterocycles. The zero-order valence-electron chi connectivity index (χ0n) is 14.3. The van der Waals surface area contributed by atoms with Crippen LogP contribution in [0.4, 0.5) is 10.8 Å². The molecular formula is C18H15N3O4S2. The predicted molar refractivity (Wildman–Crippen MR) is 105 cm³/mol. The number of aromatic nitrogens is 1. The number of aryl methyl sites for hydroxylation is 1. The first-order chi connectivity index (χ1) is 12.8. The maximum absolute atomic E-state index is 12.4. The molecule has 1 N–H and O–H groups in total. The van der Waals surface area contributed by atoms with Gasteiger partial charge in [-0.15, -0.1) is 0 Å². The second-order valence-electron chi connectivity index (χ2n) is 6.22. The normalized spacial score (nSPS) is 16.0. The van der Waals surface area contributed by atoms with Crippen molar-refractivity contribution in [2.45, 2.75) is 13.3 Å². The standard InChI is InChI=1S/C18H15N3O4S2/c1-11-2-7-14-15(10-11)26-18(19-14)20-17(23)12-3-5-13(6-4-12)21-16(22)8-9-27(21,24)25/h2-7,10H,8-9H2,1H3,(H,19,20,23). The molecule has 0 bridgehead atoms. The summed E-state index contributed by atoms with van der Waals surface area (Å²) in [5.41, 5.74) is 2.52. The molecule has 7 nitrogen and oxygen atoms in total. The molecule has 4 rings (SSSR count). The van der Waals surface area contributed by atoms with Gasteiger partial charge in [0.05, 0.1) is 21.7 Å². The molecule has 1 aliphatic rings. The molecule has 27 heavy (non-hydrogen) atoms.